The van der Waals surface area contributed by atoms with Crippen molar-refractivity contribution in [1.82, 2.24) is 0 Å². The Morgan fingerprint density at radius 2 is 2.04 bits per heavy atom. The molecule has 1 aromatic rings. The molecule has 2 atom stereocenters. The van der Waals surface area contributed by atoms with Crippen LogP contribution in [-0.4, -0.2) is 19.2 Å². The van der Waals surface area contributed by atoms with Crippen LogP contribution in [0.15, 0.2) is 28.8 Å². The maximum absolute atomic E-state index is 13.0. The summed E-state index contributed by atoms with van der Waals surface area (Å²) in [6.07, 6.45) is 1.76. The quantitative estimate of drug-likeness (QED) is 0.805. The van der Waals surface area contributed by atoms with E-state index in [0.29, 0.717) is 18.0 Å². The molecule has 0 unspecified atom stereocenters. The molecule has 0 N–H and O–H groups in total. The zero-order valence-corrected chi connectivity index (χ0v) is 14.8. The summed E-state index contributed by atoms with van der Waals surface area (Å²) in [6.45, 7) is 6.87. The fourth-order valence-electron chi connectivity index (χ4n) is 3.28. The summed E-state index contributed by atoms with van der Waals surface area (Å²) >= 11 is 11.6. The smallest absolute Gasteiger partial charge is 0.231 e. The molecule has 0 saturated heterocycles. The molecule has 0 aromatic heterocycles. The van der Waals surface area contributed by atoms with Crippen molar-refractivity contribution in [3.63, 3.8) is 0 Å². The first-order chi connectivity index (χ1) is 10.9. The van der Waals surface area contributed by atoms with Crippen LogP contribution < -0.4 is 14.4 Å². The average molecular weight is 356 g/mol. The normalized spacial score (nSPS) is 23.3. The van der Waals surface area contributed by atoms with Gasteiger partial charge in [-0.05, 0) is 36.5 Å². The lowest BCUT2D eigenvalue weighted by Crippen LogP contribution is -2.33. The fourth-order valence-corrected chi connectivity index (χ4v) is 3.55. The van der Waals surface area contributed by atoms with Gasteiger partial charge in [0, 0.05) is 18.3 Å². The van der Waals surface area contributed by atoms with Crippen LogP contribution in [0, 0.1) is 17.3 Å². The molecular weight excluding hydrogens is 337 g/mol. The minimum atomic E-state index is -0.143. The number of benzene rings is 1. The van der Waals surface area contributed by atoms with Crippen molar-refractivity contribution in [3.8, 4) is 11.5 Å². The molecule has 1 aromatic carbocycles. The van der Waals surface area contributed by atoms with Gasteiger partial charge in [-0.3, -0.25) is 4.79 Å². The number of fused-ring (bicyclic) bond motifs is 1. The molecule has 3 rings (SSSR count). The molecule has 1 heterocycles. The molecule has 2 aliphatic rings. The summed E-state index contributed by atoms with van der Waals surface area (Å²) in [7, 11) is 0. The van der Waals surface area contributed by atoms with Gasteiger partial charge >= 0.3 is 0 Å². The van der Waals surface area contributed by atoms with Crippen LogP contribution in [0.5, 0.6) is 11.5 Å². The molecular formula is C17H19Cl2NO3. The molecule has 23 heavy (non-hydrogen) atoms. The molecule has 1 amide bonds. The van der Waals surface area contributed by atoms with Crippen LogP contribution in [0.2, 0.25) is 0 Å². The Labute approximate surface area is 145 Å². The lowest BCUT2D eigenvalue weighted by molar-refractivity contribution is -0.120. The molecule has 1 aliphatic heterocycles. The summed E-state index contributed by atoms with van der Waals surface area (Å²) in [5.41, 5.74) is 0.666. The number of hydrogen-bond acceptors (Lipinski definition) is 3. The number of hydrogen-bond donors (Lipinski definition) is 0. The van der Waals surface area contributed by atoms with Crippen molar-refractivity contribution in [2.45, 2.75) is 20.8 Å². The Balaban J connectivity index is 1.84. The Morgan fingerprint density at radius 3 is 2.70 bits per heavy atom. The van der Waals surface area contributed by atoms with Crippen LogP contribution in [0.3, 0.4) is 0 Å². The van der Waals surface area contributed by atoms with Gasteiger partial charge in [0.15, 0.2) is 11.5 Å². The second-order valence-corrected chi connectivity index (χ2v) is 7.41. The summed E-state index contributed by atoms with van der Waals surface area (Å²) in [5.74, 6) is 1.39. The van der Waals surface area contributed by atoms with E-state index in [2.05, 4.69) is 13.8 Å². The predicted octanol–water partition coefficient (Wildman–Crippen LogP) is 4.36. The van der Waals surface area contributed by atoms with Crippen LogP contribution in [0.25, 0.3) is 0 Å². The summed E-state index contributed by atoms with van der Waals surface area (Å²) in [5, 5.41) is 0. The standard InChI is InChI=1S/C17H19Cl2NO3/c1-4-20(10-5-6-12-13(7-10)23-9-22-12)16(21)15-11(8-14(18)19)17(15,2)3/h5-8,11,15H,4,9H2,1-3H3/t11-,15-/m0/s1. The van der Waals surface area contributed by atoms with Crippen molar-refractivity contribution in [2.75, 3.05) is 18.2 Å². The number of ether oxygens (including phenoxy) is 2. The highest BCUT2D eigenvalue weighted by atomic mass is 35.5. The molecule has 4 nitrogen and oxygen atoms in total. The number of carbonyl (C=O) groups excluding carboxylic acids is 1. The van der Waals surface area contributed by atoms with Crippen molar-refractivity contribution in [1.29, 1.82) is 0 Å². The second-order valence-electron chi connectivity index (χ2n) is 6.40. The number of allylic oxidation sites excluding steroid dienone is 1. The highest BCUT2D eigenvalue weighted by molar-refractivity contribution is 6.55. The van der Waals surface area contributed by atoms with Crippen LogP contribution >= 0.6 is 23.2 Å². The highest BCUT2D eigenvalue weighted by Crippen LogP contribution is 2.60. The Kier molecular flexibility index (Phi) is 4.23. The average Bonchev–Trinajstić information content (AvgIpc) is 2.85. The van der Waals surface area contributed by atoms with Gasteiger partial charge in [-0.15, -0.1) is 0 Å². The molecule has 6 heteroatoms. The number of halogens is 2. The molecule has 1 saturated carbocycles. The third kappa shape index (κ3) is 2.90. The molecule has 0 spiro atoms. The number of amides is 1. The summed E-state index contributed by atoms with van der Waals surface area (Å²) in [4.78, 5) is 14.8. The van der Waals surface area contributed by atoms with E-state index in [1.165, 1.54) is 0 Å². The Morgan fingerprint density at radius 1 is 1.35 bits per heavy atom. The minimum absolute atomic E-state index is 0.0584. The van der Waals surface area contributed by atoms with Crippen LogP contribution in [-0.2, 0) is 4.79 Å². The van der Waals surface area contributed by atoms with Gasteiger partial charge in [-0.1, -0.05) is 37.0 Å². The van der Waals surface area contributed by atoms with Crippen LogP contribution in [0.4, 0.5) is 5.69 Å². The van der Waals surface area contributed by atoms with E-state index < -0.39 is 0 Å². The van der Waals surface area contributed by atoms with E-state index in [-0.39, 0.29) is 34.4 Å². The van der Waals surface area contributed by atoms with Crippen molar-refractivity contribution in [2.24, 2.45) is 17.3 Å². The molecule has 0 bridgehead atoms. The van der Waals surface area contributed by atoms with E-state index in [9.17, 15) is 4.79 Å². The Hall–Kier alpha value is -1.39. The first-order valence-electron chi connectivity index (χ1n) is 7.60. The zero-order chi connectivity index (χ0) is 16.8. The minimum Gasteiger partial charge on any atom is -0.454 e. The van der Waals surface area contributed by atoms with Crippen LogP contribution in [0.1, 0.15) is 20.8 Å². The van der Waals surface area contributed by atoms with Crippen molar-refractivity contribution >= 4 is 34.8 Å². The number of anilines is 1. The SMILES string of the molecule is CCN(C(=O)[C@@H]1[C@H](C=C(Cl)Cl)C1(C)C)c1ccc2c(c1)OCO2. The summed E-state index contributed by atoms with van der Waals surface area (Å²) in [6, 6.07) is 5.56. The lowest BCUT2D eigenvalue weighted by atomic mass is 10.1. The van der Waals surface area contributed by atoms with Gasteiger partial charge in [-0.25, -0.2) is 0 Å². The van der Waals surface area contributed by atoms with E-state index in [1.54, 1.807) is 11.0 Å². The summed E-state index contributed by atoms with van der Waals surface area (Å²) < 4.78 is 10.9. The maximum atomic E-state index is 13.0. The maximum Gasteiger partial charge on any atom is 0.231 e. The number of nitrogens with zero attached hydrogens (tertiary/aromatic N) is 1. The predicted molar refractivity (Wildman–Crippen MR) is 91.1 cm³/mol. The lowest BCUT2D eigenvalue weighted by Gasteiger charge is -2.22. The zero-order valence-electron chi connectivity index (χ0n) is 13.3. The van der Waals surface area contributed by atoms with Gasteiger partial charge in [0.25, 0.3) is 0 Å². The van der Waals surface area contributed by atoms with Gasteiger partial charge in [0.05, 0.1) is 5.92 Å². The van der Waals surface area contributed by atoms with E-state index >= 15 is 0 Å². The van der Waals surface area contributed by atoms with Gasteiger partial charge in [0.1, 0.15) is 4.49 Å². The molecule has 1 fully saturated rings. The Bertz CT molecular complexity index is 668. The van der Waals surface area contributed by atoms with E-state index in [1.807, 2.05) is 25.1 Å². The van der Waals surface area contributed by atoms with Gasteiger partial charge in [-0.2, -0.15) is 0 Å². The molecule has 0 radical (unpaired) electrons. The van der Waals surface area contributed by atoms with Gasteiger partial charge < -0.3 is 14.4 Å². The largest absolute Gasteiger partial charge is 0.454 e. The van der Waals surface area contributed by atoms with Gasteiger partial charge in [0.2, 0.25) is 12.7 Å². The number of carbonyl (C=O) groups is 1. The van der Waals surface area contributed by atoms with Crippen molar-refractivity contribution < 1.29 is 14.3 Å². The third-order valence-electron chi connectivity index (χ3n) is 4.73. The molecule has 1 aliphatic carbocycles. The highest BCUT2D eigenvalue weighted by Gasteiger charge is 2.61. The topological polar surface area (TPSA) is 38.8 Å². The monoisotopic (exact) mass is 355 g/mol. The van der Waals surface area contributed by atoms with E-state index in [0.717, 1.165) is 5.69 Å². The van der Waals surface area contributed by atoms with Crippen molar-refractivity contribution in [3.05, 3.63) is 28.8 Å². The third-order valence-corrected chi connectivity index (χ3v) is 4.98. The first kappa shape index (κ1) is 16.5. The van der Waals surface area contributed by atoms with E-state index in [4.69, 9.17) is 32.7 Å². The number of rotatable bonds is 4. The first-order valence-corrected chi connectivity index (χ1v) is 8.35. The fraction of sp³-hybridized carbons (Fsp3) is 0.471. The second kappa shape index (κ2) is 5.91. The molecule has 124 valence electrons.